The zero-order valence-electron chi connectivity index (χ0n) is 25.4. The van der Waals surface area contributed by atoms with Crippen molar-refractivity contribution in [1.82, 2.24) is 36.2 Å². The average Bonchev–Trinajstić information content (AvgIpc) is 3.42. The Labute approximate surface area is 254 Å². The maximum Gasteiger partial charge on any atom is 0.408 e. The van der Waals surface area contributed by atoms with Crippen molar-refractivity contribution in [1.29, 1.82) is 0 Å². The first-order valence-corrected chi connectivity index (χ1v) is 14.1. The Morgan fingerprint density at radius 3 is 2.55 bits per heavy atom. The number of alkyl carbamates (subject to hydrolysis) is 1. The summed E-state index contributed by atoms with van der Waals surface area (Å²) in [6.07, 6.45) is -1.22. The Bertz CT molecular complexity index is 1300. The molecule has 3 N–H and O–H groups in total. The summed E-state index contributed by atoms with van der Waals surface area (Å²) >= 11 is 0. The van der Waals surface area contributed by atoms with Gasteiger partial charge in [-0.3, -0.25) is 14.4 Å². The number of amides is 3. The molecule has 0 fully saturated rings. The molecule has 0 bridgehead atoms. The van der Waals surface area contributed by atoms with Crippen molar-refractivity contribution in [2.45, 2.75) is 84.0 Å². The molecular formula is C28H39N7O9. The third-order valence-corrected chi connectivity index (χ3v) is 6.56. The third-order valence-electron chi connectivity index (χ3n) is 6.56. The van der Waals surface area contributed by atoms with Gasteiger partial charge in [0.05, 0.1) is 20.1 Å². The molecule has 0 saturated heterocycles. The minimum Gasteiger partial charge on any atom is -0.467 e. The van der Waals surface area contributed by atoms with Gasteiger partial charge in [0.1, 0.15) is 37.1 Å². The van der Waals surface area contributed by atoms with Crippen LogP contribution in [0.2, 0.25) is 0 Å². The topological polar surface area (TPSA) is 202 Å². The van der Waals surface area contributed by atoms with Crippen molar-refractivity contribution < 1.29 is 42.9 Å². The van der Waals surface area contributed by atoms with E-state index >= 15 is 0 Å². The summed E-state index contributed by atoms with van der Waals surface area (Å²) in [4.78, 5) is 64.8. The predicted octanol–water partition coefficient (Wildman–Crippen LogP) is 0.399. The summed E-state index contributed by atoms with van der Waals surface area (Å²) in [6.45, 7) is 6.43. The number of benzene rings is 1. The van der Waals surface area contributed by atoms with Crippen molar-refractivity contribution >= 4 is 29.8 Å². The highest BCUT2D eigenvalue weighted by atomic mass is 16.6. The summed E-state index contributed by atoms with van der Waals surface area (Å²) in [5, 5.41) is 19.3. The molecule has 3 rings (SSSR count). The summed E-state index contributed by atoms with van der Waals surface area (Å²) < 4.78 is 22.6. The monoisotopic (exact) mass is 617 g/mol. The highest BCUT2D eigenvalue weighted by Crippen LogP contribution is 2.14. The SMILES string of the molecule is COC(=O)C1CC(=O)OC(C)(C)COCn2nnnc2CCC(NC(=O)OCc2ccccc2)C(=O)N[C@@H](C(C)C)C(=O)N1. The van der Waals surface area contributed by atoms with Crippen LogP contribution in [-0.4, -0.2) is 87.5 Å². The summed E-state index contributed by atoms with van der Waals surface area (Å²) in [7, 11) is 1.12. The molecule has 0 saturated carbocycles. The average molecular weight is 618 g/mol. The molecule has 1 aliphatic rings. The number of cyclic esters (lactones) is 1. The van der Waals surface area contributed by atoms with Gasteiger partial charge in [-0.2, -0.15) is 0 Å². The number of tetrazole rings is 1. The van der Waals surface area contributed by atoms with Gasteiger partial charge in [0.25, 0.3) is 0 Å². The molecule has 16 nitrogen and oxygen atoms in total. The first-order chi connectivity index (χ1) is 20.9. The van der Waals surface area contributed by atoms with Crippen LogP contribution in [0.4, 0.5) is 4.79 Å². The van der Waals surface area contributed by atoms with E-state index in [1.807, 2.05) is 6.07 Å². The predicted molar refractivity (Wildman–Crippen MR) is 151 cm³/mol. The largest absolute Gasteiger partial charge is 0.467 e. The van der Waals surface area contributed by atoms with Crippen LogP contribution in [0.3, 0.4) is 0 Å². The standard InChI is InChI=1S/C28H39N7O9/c1-17(2)23-25(38)29-20(26(39)41-5)13-22(36)44-28(3,4)15-42-16-35-21(32-33-34-35)12-11-19(24(37)31-23)30-27(40)43-14-18-9-7-6-8-10-18/h6-10,17,19-20,23H,11-16H2,1-5H3,(H,29,38)(H,30,40)(H,31,37)/t19?,20?,23-/m0/s1. The molecule has 1 aromatic heterocycles. The van der Waals surface area contributed by atoms with E-state index in [2.05, 4.69) is 31.5 Å². The van der Waals surface area contributed by atoms with Crippen LogP contribution in [0.5, 0.6) is 0 Å². The van der Waals surface area contributed by atoms with E-state index in [1.54, 1.807) is 52.0 Å². The van der Waals surface area contributed by atoms with Gasteiger partial charge in [-0.15, -0.1) is 5.10 Å². The molecule has 0 spiro atoms. The number of aromatic nitrogens is 4. The number of rotatable bonds is 5. The second kappa shape index (κ2) is 15.7. The van der Waals surface area contributed by atoms with Gasteiger partial charge in [-0.1, -0.05) is 44.2 Å². The molecule has 0 radical (unpaired) electrons. The summed E-state index contributed by atoms with van der Waals surface area (Å²) in [6, 6.07) is 5.30. The quantitative estimate of drug-likeness (QED) is 0.308. The fourth-order valence-electron chi connectivity index (χ4n) is 4.26. The zero-order chi connectivity index (χ0) is 32.3. The van der Waals surface area contributed by atoms with Crippen molar-refractivity contribution in [3.8, 4) is 0 Å². The lowest BCUT2D eigenvalue weighted by Crippen LogP contribution is -2.58. The smallest absolute Gasteiger partial charge is 0.408 e. The molecule has 3 amide bonds. The number of nitrogens with one attached hydrogen (secondary N) is 3. The molecule has 1 aromatic carbocycles. The molecule has 0 aliphatic carbocycles. The van der Waals surface area contributed by atoms with E-state index in [9.17, 15) is 24.0 Å². The van der Waals surface area contributed by atoms with Crippen LogP contribution in [0.15, 0.2) is 30.3 Å². The molecule has 44 heavy (non-hydrogen) atoms. The lowest BCUT2D eigenvalue weighted by atomic mass is 10.0. The molecule has 240 valence electrons. The molecular weight excluding hydrogens is 578 g/mol. The Morgan fingerprint density at radius 1 is 1.14 bits per heavy atom. The van der Waals surface area contributed by atoms with Crippen LogP contribution in [0, 0.1) is 5.92 Å². The van der Waals surface area contributed by atoms with E-state index in [0.29, 0.717) is 5.82 Å². The molecule has 2 unspecified atom stereocenters. The highest BCUT2D eigenvalue weighted by molar-refractivity contribution is 5.94. The maximum absolute atomic E-state index is 13.5. The second-order valence-corrected chi connectivity index (χ2v) is 11.1. The highest BCUT2D eigenvalue weighted by Gasteiger charge is 2.34. The Hall–Kier alpha value is -4.60. The zero-order valence-corrected chi connectivity index (χ0v) is 25.4. The van der Waals surface area contributed by atoms with Gasteiger partial charge in [0.15, 0.2) is 5.82 Å². The number of ether oxygens (including phenoxy) is 4. The molecule has 2 aromatic rings. The number of esters is 2. The lowest BCUT2D eigenvalue weighted by Gasteiger charge is -2.28. The normalized spacial score (nSPS) is 21.9. The van der Waals surface area contributed by atoms with Gasteiger partial charge in [-0.25, -0.2) is 14.3 Å². The van der Waals surface area contributed by atoms with Crippen LogP contribution in [0.25, 0.3) is 0 Å². The number of carbonyl (C=O) groups is 5. The Balaban J connectivity index is 1.87. The van der Waals surface area contributed by atoms with E-state index in [-0.39, 0.29) is 32.8 Å². The van der Waals surface area contributed by atoms with Gasteiger partial charge >= 0.3 is 18.0 Å². The van der Waals surface area contributed by atoms with Crippen molar-refractivity contribution in [3.05, 3.63) is 41.7 Å². The fraction of sp³-hybridized carbons (Fsp3) is 0.571. The van der Waals surface area contributed by atoms with E-state index in [0.717, 1.165) is 12.7 Å². The van der Waals surface area contributed by atoms with Gasteiger partial charge in [-0.05, 0) is 42.2 Å². The number of hydrogen-bond donors (Lipinski definition) is 3. The molecule has 16 heteroatoms. The lowest BCUT2D eigenvalue weighted by molar-refractivity contribution is -0.166. The van der Waals surface area contributed by atoms with Crippen LogP contribution in [-0.2, 0) is 57.9 Å². The molecule has 3 atom stereocenters. The van der Waals surface area contributed by atoms with Crippen LogP contribution in [0.1, 0.15) is 51.9 Å². The van der Waals surface area contributed by atoms with Crippen molar-refractivity contribution in [2.24, 2.45) is 5.92 Å². The third kappa shape index (κ3) is 10.3. The minimum absolute atomic E-state index is 0.0265. The number of hydrogen-bond acceptors (Lipinski definition) is 12. The number of methoxy groups -OCH3 is 1. The van der Waals surface area contributed by atoms with E-state index in [4.69, 9.17) is 18.9 Å². The fourth-order valence-corrected chi connectivity index (χ4v) is 4.26. The first-order valence-electron chi connectivity index (χ1n) is 14.1. The number of fused-ring (bicyclic) bond motifs is 1. The van der Waals surface area contributed by atoms with Gasteiger partial charge < -0.3 is 34.9 Å². The summed E-state index contributed by atoms with van der Waals surface area (Å²) in [5.41, 5.74) is -0.356. The van der Waals surface area contributed by atoms with E-state index < -0.39 is 65.9 Å². The molecule has 2 heterocycles. The van der Waals surface area contributed by atoms with Gasteiger partial charge in [0, 0.05) is 6.42 Å². The minimum atomic E-state index is -1.39. The first kappa shape index (κ1) is 33.9. The molecule has 1 aliphatic heterocycles. The summed E-state index contributed by atoms with van der Waals surface area (Å²) in [5.74, 6) is -3.19. The van der Waals surface area contributed by atoms with Crippen LogP contribution >= 0.6 is 0 Å². The number of nitrogens with zero attached hydrogens (tertiary/aromatic N) is 4. The Kier molecular flexibility index (Phi) is 12.1. The van der Waals surface area contributed by atoms with Crippen molar-refractivity contribution in [2.75, 3.05) is 13.7 Å². The van der Waals surface area contributed by atoms with Gasteiger partial charge in [0.2, 0.25) is 11.8 Å². The second-order valence-electron chi connectivity index (χ2n) is 11.1. The van der Waals surface area contributed by atoms with Crippen molar-refractivity contribution in [3.63, 3.8) is 0 Å². The van der Waals surface area contributed by atoms with Crippen LogP contribution < -0.4 is 16.0 Å². The number of aryl methyl sites for hydroxylation is 1. The number of carbonyl (C=O) groups excluding carboxylic acids is 5. The maximum atomic E-state index is 13.5. The Morgan fingerprint density at radius 2 is 1.86 bits per heavy atom. The van der Waals surface area contributed by atoms with E-state index in [1.165, 1.54) is 4.68 Å².